The standard InChI is InChI=1S/C26H29ClFN3O4/c1-16(32)26(33)31-11-8-19(9-12-31)35-24-15-20-17(13-23(24)34-2)5-3-4-10-29-25(20)30-18-6-7-22(28)21(27)14-18/h5-7,10,13-16,19,30,32H,3-4,8-9,11-12H2,1-2H3/b17-5+,25-20+,29-10-. The van der Waals surface area contributed by atoms with Gasteiger partial charge in [-0.05, 0) is 55.3 Å². The molecule has 2 aromatic rings. The lowest BCUT2D eigenvalue weighted by atomic mass is 10.1. The van der Waals surface area contributed by atoms with Crippen LogP contribution in [0.3, 0.4) is 0 Å². The van der Waals surface area contributed by atoms with Gasteiger partial charge in [-0.1, -0.05) is 17.7 Å². The molecule has 2 aromatic carbocycles. The first kappa shape index (κ1) is 25.0. The number of nitrogens with zero attached hydrogens (tertiary/aromatic N) is 2. The van der Waals surface area contributed by atoms with Gasteiger partial charge >= 0.3 is 0 Å². The summed E-state index contributed by atoms with van der Waals surface area (Å²) in [6, 6.07) is 8.26. The monoisotopic (exact) mass is 501 g/mol. The number of methoxy groups -OCH3 is 1. The number of carbonyl (C=O) groups excluding carboxylic acids is 1. The van der Waals surface area contributed by atoms with Crippen LogP contribution in [0.25, 0.3) is 11.9 Å². The fourth-order valence-electron chi connectivity index (χ4n) is 4.19. The number of amides is 1. The minimum atomic E-state index is -1.00. The van der Waals surface area contributed by atoms with Crippen molar-refractivity contribution in [1.82, 2.24) is 4.90 Å². The first-order chi connectivity index (χ1) is 16.9. The molecule has 1 atom stereocenters. The number of aliphatic hydroxyl groups excluding tert-OH is 1. The first-order valence-electron chi connectivity index (χ1n) is 11.7. The molecule has 2 heterocycles. The molecule has 0 aromatic heterocycles. The molecule has 0 aliphatic carbocycles. The maximum absolute atomic E-state index is 13.6. The fourth-order valence-corrected chi connectivity index (χ4v) is 4.37. The average molecular weight is 502 g/mol. The molecule has 0 radical (unpaired) electrons. The number of fused-ring (bicyclic) bond motifs is 1. The zero-order chi connectivity index (χ0) is 24.9. The minimum absolute atomic E-state index is 0.0244. The van der Waals surface area contributed by atoms with Crippen LogP contribution in [0, 0.1) is 5.82 Å². The molecule has 7 nitrogen and oxygen atoms in total. The van der Waals surface area contributed by atoms with Crippen molar-refractivity contribution >= 4 is 41.3 Å². The first-order valence-corrected chi connectivity index (χ1v) is 12.0. The van der Waals surface area contributed by atoms with Gasteiger partial charge in [0.05, 0.1) is 12.1 Å². The van der Waals surface area contributed by atoms with E-state index < -0.39 is 11.9 Å². The van der Waals surface area contributed by atoms with Gasteiger partial charge < -0.3 is 24.8 Å². The highest BCUT2D eigenvalue weighted by Gasteiger charge is 2.26. The van der Waals surface area contributed by atoms with Gasteiger partial charge in [-0.2, -0.15) is 0 Å². The molecular formula is C26H29ClFN3O4. The van der Waals surface area contributed by atoms with Crippen molar-refractivity contribution in [3.8, 4) is 11.5 Å². The molecule has 2 aliphatic rings. The van der Waals surface area contributed by atoms with Gasteiger partial charge in [0, 0.05) is 43.1 Å². The normalized spacial score (nSPS) is 20.5. The van der Waals surface area contributed by atoms with Crippen LogP contribution in [0.4, 0.5) is 10.1 Å². The number of aliphatic imine (C=N–C) groups is 1. The maximum atomic E-state index is 13.6. The van der Waals surface area contributed by atoms with E-state index in [1.54, 1.807) is 18.1 Å². The van der Waals surface area contributed by atoms with Crippen molar-refractivity contribution in [1.29, 1.82) is 0 Å². The second kappa shape index (κ2) is 11.1. The molecule has 9 heteroatoms. The van der Waals surface area contributed by atoms with E-state index in [-0.39, 0.29) is 17.0 Å². The van der Waals surface area contributed by atoms with E-state index in [1.807, 2.05) is 18.3 Å². The SMILES string of the molecule is COc1cc2/c(cc1OC1CCN(C(=O)C(C)O)CC1)=C(Nc1ccc(F)c(Cl)c1)\N=C/CC/C=2. The Labute approximate surface area is 208 Å². The van der Waals surface area contributed by atoms with Gasteiger partial charge in [-0.25, -0.2) is 9.38 Å². The zero-order valence-corrected chi connectivity index (χ0v) is 20.5. The largest absolute Gasteiger partial charge is 0.493 e. The fraction of sp³-hybridized carbons (Fsp3) is 0.385. The van der Waals surface area contributed by atoms with Gasteiger partial charge in [-0.3, -0.25) is 4.79 Å². The predicted octanol–water partition coefficient (Wildman–Crippen LogP) is 3.06. The third-order valence-corrected chi connectivity index (χ3v) is 6.35. The number of likely N-dealkylation sites (tertiary alicyclic amines) is 1. The van der Waals surface area contributed by atoms with Gasteiger partial charge in [0.25, 0.3) is 5.91 Å². The number of anilines is 1. The number of ether oxygens (including phenoxy) is 2. The molecule has 0 bridgehead atoms. The van der Waals surface area contributed by atoms with Crippen molar-refractivity contribution < 1.29 is 23.8 Å². The van der Waals surface area contributed by atoms with E-state index >= 15 is 0 Å². The Kier molecular flexibility index (Phi) is 7.93. The summed E-state index contributed by atoms with van der Waals surface area (Å²) in [5.41, 5.74) is 0.614. The molecular weight excluding hydrogens is 473 g/mol. The maximum Gasteiger partial charge on any atom is 0.251 e. The Balaban J connectivity index is 1.66. The van der Waals surface area contributed by atoms with Crippen LogP contribution in [-0.2, 0) is 4.79 Å². The Morgan fingerprint density at radius 2 is 2.00 bits per heavy atom. The molecule has 1 saturated heterocycles. The van der Waals surface area contributed by atoms with Gasteiger partial charge in [0.1, 0.15) is 23.8 Å². The van der Waals surface area contributed by atoms with Crippen LogP contribution in [0.5, 0.6) is 11.5 Å². The quantitative estimate of drug-likeness (QED) is 0.635. The highest BCUT2D eigenvalue weighted by atomic mass is 35.5. The summed E-state index contributed by atoms with van der Waals surface area (Å²) in [7, 11) is 1.60. The van der Waals surface area contributed by atoms with E-state index in [0.717, 1.165) is 23.3 Å². The summed E-state index contributed by atoms with van der Waals surface area (Å²) in [5.74, 6) is 1.02. The number of piperidine rings is 1. The van der Waals surface area contributed by atoms with E-state index in [9.17, 15) is 14.3 Å². The number of hydrogen-bond acceptors (Lipinski definition) is 6. The van der Waals surface area contributed by atoms with Crippen molar-refractivity contribution in [2.75, 3.05) is 25.5 Å². The number of benzene rings is 2. The topological polar surface area (TPSA) is 83.4 Å². The zero-order valence-electron chi connectivity index (χ0n) is 19.8. The van der Waals surface area contributed by atoms with Crippen molar-refractivity contribution in [3.05, 3.63) is 51.6 Å². The molecule has 4 rings (SSSR count). The van der Waals surface area contributed by atoms with E-state index in [1.165, 1.54) is 19.1 Å². The molecule has 186 valence electrons. The lowest BCUT2D eigenvalue weighted by Crippen LogP contribution is -2.45. The van der Waals surface area contributed by atoms with Crippen molar-refractivity contribution in [2.24, 2.45) is 4.99 Å². The highest BCUT2D eigenvalue weighted by Crippen LogP contribution is 2.28. The lowest BCUT2D eigenvalue weighted by molar-refractivity contribution is -0.141. The third kappa shape index (κ3) is 5.94. The Morgan fingerprint density at radius 1 is 1.23 bits per heavy atom. The predicted molar refractivity (Wildman–Crippen MR) is 135 cm³/mol. The second-order valence-corrected chi connectivity index (χ2v) is 9.01. The number of nitrogens with one attached hydrogen (secondary N) is 1. The van der Waals surface area contributed by atoms with E-state index in [2.05, 4.69) is 16.4 Å². The Morgan fingerprint density at radius 3 is 2.69 bits per heavy atom. The molecule has 0 spiro atoms. The van der Waals surface area contributed by atoms with E-state index in [0.29, 0.717) is 48.9 Å². The summed E-state index contributed by atoms with van der Waals surface area (Å²) in [6.07, 6.45) is 5.74. The van der Waals surface area contributed by atoms with Gasteiger partial charge in [0.2, 0.25) is 0 Å². The van der Waals surface area contributed by atoms with E-state index in [4.69, 9.17) is 21.1 Å². The summed E-state index contributed by atoms with van der Waals surface area (Å²) < 4.78 is 25.6. The Bertz CT molecular complexity index is 1240. The lowest BCUT2D eigenvalue weighted by Gasteiger charge is -2.33. The minimum Gasteiger partial charge on any atom is -0.493 e. The van der Waals surface area contributed by atoms with Crippen molar-refractivity contribution in [3.63, 3.8) is 0 Å². The van der Waals surface area contributed by atoms with Crippen LogP contribution in [-0.4, -0.2) is 54.5 Å². The summed E-state index contributed by atoms with van der Waals surface area (Å²) in [6.45, 7) is 2.52. The van der Waals surface area contributed by atoms with Crippen LogP contribution in [0.2, 0.25) is 5.02 Å². The van der Waals surface area contributed by atoms with Crippen LogP contribution in [0.15, 0.2) is 35.3 Å². The van der Waals surface area contributed by atoms with Crippen LogP contribution < -0.4 is 25.2 Å². The molecule has 1 fully saturated rings. The molecule has 2 aliphatic heterocycles. The third-order valence-electron chi connectivity index (χ3n) is 6.06. The number of hydrogen-bond donors (Lipinski definition) is 2. The van der Waals surface area contributed by atoms with Gasteiger partial charge in [0.15, 0.2) is 11.5 Å². The molecule has 1 unspecified atom stereocenters. The molecule has 1 amide bonds. The number of halogens is 2. The average Bonchev–Trinajstić information content (AvgIpc) is 2.84. The Hall–Kier alpha value is -3.10. The number of aliphatic hydroxyl groups is 1. The molecule has 2 N–H and O–H groups in total. The summed E-state index contributed by atoms with van der Waals surface area (Å²) in [5, 5.41) is 14.6. The smallest absolute Gasteiger partial charge is 0.251 e. The molecule has 0 saturated carbocycles. The second-order valence-electron chi connectivity index (χ2n) is 8.60. The summed E-state index contributed by atoms with van der Waals surface area (Å²) >= 11 is 5.97. The number of rotatable bonds is 6. The van der Waals surface area contributed by atoms with Crippen molar-refractivity contribution in [2.45, 2.75) is 44.8 Å². The molecule has 35 heavy (non-hydrogen) atoms. The van der Waals surface area contributed by atoms with Gasteiger partial charge in [-0.15, -0.1) is 0 Å². The number of carbonyl (C=O) groups is 1. The van der Waals surface area contributed by atoms with Crippen LogP contribution in [0.1, 0.15) is 32.6 Å². The highest BCUT2D eigenvalue weighted by molar-refractivity contribution is 6.31. The van der Waals surface area contributed by atoms with Crippen LogP contribution >= 0.6 is 11.6 Å². The summed E-state index contributed by atoms with van der Waals surface area (Å²) in [4.78, 5) is 18.4.